The van der Waals surface area contributed by atoms with Crippen LogP contribution in [0.1, 0.15) is 17.5 Å². The van der Waals surface area contributed by atoms with Crippen LogP contribution in [0.2, 0.25) is 0 Å². The summed E-state index contributed by atoms with van der Waals surface area (Å²) >= 11 is 6.70. The lowest BCUT2D eigenvalue weighted by molar-refractivity contribution is 0.312. The molecule has 1 aromatic rings. The normalized spacial score (nSPS) is 17.4. The molecule has 0 atom stereocenters. The van der Waals surface area contributed by atoms with Gasteiger partial charge in [0.1, 0.15) is 4.99 Å². The van der Waals surface area contributed by atoms with E-state index in [1.165, 1.54) is 0 Å². The lowest BCUT2D eigenvalue weighted by atomic mass is 10.3. The number of nitrogens with two attached hydrogens (primary N) is 1. The van der Waals surface area contributed by atoms with Gasteiger partial charge in [0, 0.05) is 26.2 Å². The molecule has 2 N–H and O–H groups in total. The van der Waals surface area contributed by atoms with E-state index in [-0.39, 0.29) is 0 Å². The van der Waals surface area contributed by atoms with Crippen LogP contribution in [0.3, 0.4) is 0 Å². The van der Waals surface area contributed by atoms with Crippen LogP contribution in [0.25, 0.3) is 0 Å². The minimum Gasteiger partial charge on any atom is -0.389 e. The molecule has 0 spiro atoms. The molecule has 0 saturated carbocycles. The van der Waals surface area contributed by atoms with Crippen LogP contribution in [-0.4, -0.2) is 48.1 Å². The summed E-state index contributed by atoms with van der Waals surface area (Å²) in [5, 5.41) is 1.07. The molecule has 1 saturated heterocycles. The smallest absolute Gasteiger partial charge is 0.186 e. The van der Waals surface area contributed by atoms with Gasteiger partial charge in [0.2, 0.25) is 0 Å². The van der Waals surface area contributed by atoms with Crippen molar-refractivity contribution in [3.05, 3.63) is 10.6 Å². The first-order valence-electron chi connectivity index (χ1n) is 5.84. The Morgan fingerprint density at radius 2 is 2.06 bits per heavy atom. The summed E-state index contributed by atoms with van der Waals surface area (Å²) in [5.74, 6) is 0. The molecule has 4 nitrogen and oxygen atoms in total. The van der Waals surface area contributed by atoms with Crippen molar-refractivity contribution in [2.45, 2.75) is 13.3 Å². The van der Waals surface area contributed by atoms with Crippen LogP contribution in [0, 0.1) is 0 Å². The van der Waals surface area contributed by atoms with E-state index in [0.717, 1.165) is 48.3 Å². The van der Waals surface area contributed by atoms with Crippen molar-refractivity contribution in [3.63, 3.8) is 0 Å². The molecule has 0 aliphatic carbocycles. The minimum absolute atomic E-state index is 0.472. The fourth-order valence-electron chi connectivity index (χ4n) is 1.90. The van der Waals surface area contributed by atoms with Crippen molar-refractivity contribution >= 4 is 33.7 Å². The predicted octanol–water partition coefficient (Wildman–Crippen LogP) is 1.09. The Morgan fingerprint density at radius 1 is 1.41 bits per heavy atom. The second kappa shape index (κ2) is 5.29. The average molecular weight is 270 g/mol. The first kappa shape index (κ1) is 12.7. The van der Waals surface area contributed by atoms with Crippen LogP contribution in [0.5, 0.6) is 0 Å². The minimum atomic E-state index is 0.472. The average Bonchev–Trinajstić information content (AvgIpc) is 2.74. The van der Waals surface area contributed by atoms with Gasteiger partial charge in [-0.25, -0.2) is 4.98 Å². The number of thiocarbonyl (C=S) groups is 1. The number of nitrogens with zero attached hydrogens (tertiary/aromatic N) is 3. The second-order valence-electron chi connectivity index (χ2n) is 4.28. The first-order valence-corrected chi connectivity index (χ1v) is 7.07. The molecule has 0 amide bonds. The van der Waals surface area contributed by atoms with E-state index in [9.17, 15) is 0 Å². The van der Waals surface area contributed by atoms with Crippen LogP contribution >= 0.6 is 23.6 Å². The molecule has 0 bridgehead atoms. The summed E-state index contributed by atoms with van der Waals surface area (Å²) in [5.41, 5.74) is 6.77. The maximum Gasteiger partial charge on any atom is 0.186 e. The van der Waals surface area contributed by atoms with Crippen LogP contribution in [-0.2, 0) is 6.42 Å². The zero-order chi connectivity index (χ0) is 12.4. The van der Waals surface area contributed by atoms with Gasteiger partial charge in [0.05, 0.1) is 10.6 Å². The molecule has 6 heteroatoms. The van der Waals surface area contributed by atoms with E-state index in [0.29, 0.717) is 4.99 Å². The predicted molar refractivity (Wildman–Crippen MR) is 77.1 cm³/mol. The number of thiazole rings is 1. The van der Waals surface area contributed by atoms with E-state index in [4.69, 9.17) is 18.0 Å². The van der Waals surface area contributed by atoms with Crippen molar-refractivity contribution in [1.82, 2.24) is 9.88 Å². The molecule has 2 heterocycles. The number of anilines is 1. The highest BCUT2D eigenvalue weighted by molar-refractivity contribution is 7.81. The number of hydrogen-bond acceptors (Lipinski definition) is 5. The Labute approximate surface area is 111 Å². The summed E-state index contributed by atoms with van der Waals surface area (Å²) in [6, 6.07) is 0. The van der Waals surface area contributed by atoms with E-state index in [2.05, 4.69) is 28.8 Å². The number of aryl methyl sites for hydroxylation is 1. The highest BCUT2D eigenvalue weighted by Crippen LogP contribution is 2.27. The van der Waals surface area contributed by atoms with Gasteiger partial charge in [0.25, 0.3) is 0 Å². The zero-order valence-corrected chi connectivity index (χ0v) is 11.9. The van der Waals surface area contributed by atoms with Gasteiger partial charge in [-0.15, -0.1) is 0 Å². The van der Waals surface area contributed by atoms with Crippen molar-refractivity contribution in [1.29, 1.82) is 0 Å². The number of likely N-dealkylation sites (N-methyl/N-ethyl adjacent to an activating group) is 1. The van der Waals surface area contributed by atoms with Crippen LogP contribution in [0.4, 0.5) is 5.13 Å². The first-order chi connectivity index (χ1) is 8.11. The van der Waals surface area contributed by atoms with Gasteiger partial charge in [0.15, 0.2) is 5.13 Å². The second-order valence-corrected chi connectivity index (χ2v) is 5.70. The molecule has 1 aliphatic heterocycles. The number of rotatable bonds is 3. The summed E-state index contributed by atoms with van der Waals surface area (Å²) < 4.78 is 0. The highest BCUT2D eigenvalue weighted by Gasteiger charge is 2.20. The van der Waals surface area contributed by atoms with E-state index in [1.54, 1.807) is 11.3 Å². The summed E-state index contributed by atoms with van der Waals surface area (Å²) in [4.78, 5) is 10.8. The largest absolute Gasteiger partial charge is 0.389 e. The topological polar surface area (TPSA) is 45.4 Å². The van der Waals surface area contributed by atoms with E-state index < -0.39 is 0 Å². The van der Waals surface area contributed by atoms with Crippen LogP contribution in [0.15, 0.2) is 0 Å². The van der Waals surface area contributed by atoms with Gasteiger partial charge < -0.3 is 15.5 Å². The van der Waals surface area contributed by atoms with Gasteiger partial charge in [-0.1, -0.05) is 30.5 Å². The molecular weight excluding hydrogens is 252 g/mol. The van der Waals surface area contributed by atoms with Crippen molar-refractivity contribution < 1.29 is 0 Å². The Balaban J connectivity index is 2.19. The fraction of sp³-hybridized carbons (Fsp3) is 0.636. The monoisotopic (exact) mass is 270 g/mol. The lowest BCUT2D eigenvalue weighted by Crippen LogP contribution is -2.44. The Morgan fingerprint density at radius 3 is 2.53 bits per heavy atom. The van der Waals surface area contributed by atoms with Crippen LogP contribution < -0.4 is 10.6 Å². The Hall–Kier alpha value is -0.720. The van der Waals surface area contributed by atoms with Crippen molar-refractivity contribution in [2.24, 2.45) is 5.73 Å². The zero-order valence-electron chi connectivity index (χ0n) is 10.3. The van der Waals surface area contributed by atoms with Gasteiger partial charge >= 0.3 is 0 Å². The third kappa shape index (κ3) is 2.75. The standard InChI is InChI=1S/C11H18N4S2/c1-3-8-9(10(12)16)17-11(13-8)15-6-4-14(2)5-7-15/h3-7H2,1-2H3,(H2,12,16). The molecule has 0 unspecified atom stereocenters. The number of aromatic nitrogens is 1. The molecule has 17 heavy (non-hydrogen) atoms. The molecule has 2 rings (SSSR count). The molecule has 0 radical (unpaired) electrons. The molecule has 94 valence electrons. The highest BCUT2D eigenvalue weighted by atomic mass is 32.1. The third-order valence-corrected chi connectivity index (χ3v) is 4.54. The lowest BCUT2D eigenvalue weighted by Gasteiger charge is -2.32. The summed E-state index contributed by atoms with van der Waals surface area (Å²) in [6.45, 7) is 6.32. The maximum atomic E-state index is 5.73. The van der Waals surface area contributed by atoms with Crippen molar-refractivity contribution in [3.8, 4) is 0 Å². The molecule has 1 aliphatic rings. The quantitative estimate of drug-likeness (QED) is 0.833. The third-order valence-electron chi connectivity index (χ3n) is 3.02. The van der Waals surface area contributed by atoms with Crippen molar-refractivity contribution in [2.75, 3.05) is 38.1 Å². The number of hydrogen-bond donors (Lipinski definition) is 1. The molecule has 1 aromatic heterocycles. The maximum absolute atomic E-state index is 5.73. The van der Waals surface area contributed by atoms with Gasteiger partial charge in [-0.3, -0.25) is 0 Å². The summed E-state index contributed by atoms with van der Waals surface area (Å²) in [6.07, 6.45) is 0.886. The summed E-state index contributed by atoms with van der Waals surface area (Å²) in [7, 11) is 2.15. The van der Waals surface area contributed by atoms with E-state index in [1.807, 2.05) is 0 Å². The Bertz CT molecular complexity index is 408. The van der Waals surface area contributed by atoms with Gasteiger partial charge in [-0.2, -0.15) is 0 Å². The molecule has 0 aromatic carbocycles. The SMILES string of the molecule is CCc1nc(N2CCN(C)CC2)sc1C(N)=S. The van der Waals surface area contributed by atoms with Gasteiger partial charge in [-0.05, 0) is 13.5 Å². The molecular formula is C11H18N4S2. The Kier molecular flexibility index (Phi) is 3.96. The molecule has 1 fully saturated rings. The van der Waals surface area contributed by atoms with E-state index >= 15 is 0 Å². The number of piperazine rings is 1. The fourth-order valence-corrected chi connectivity index (χ4v) is 3.21.